The normalized spacial score (nSPS) is 33.7. The Labute approximate surface area is 221 Å². The van der Waals surface area contributed by atoms with Gasteiger partial charge in [-0.25, -0.2) is 0 Å². The second-order valence-corrected chi connectivity index (χ2v) is 10.5. The zero-order valence-corrected chi connectivity index (χ0v) is 21.3. The number of hydrogen-bond donors (Lipinski definition) is 4. The highest BCUT2D eigenvalue weighted by Crippen LogP contribution is 2.40. The molecule has 2 aromatic rings. The van der Waals surface area contributed by atoms with Gasteiger partial charge in [-0.2, -0.15) is 0 Å². The molecule has 10 heteroatoms. The van der Waals surface area contributed by atoms with Crippen LogP contribution in [0.3, 0.4) is 0 Å². The van der Waals surface area contributed by atoms with Gasteiger partial charge >= 0.3 is 0 Å². The molecule has 4 atom stereocenters. The molecule has 3 aliphatic rings. The first-order chi connectivity index (χ1) is 17.9. The first kappa shape index (κ1) is 26.8. The van der Waals surface area contributed by atoms with E-state index >= 15 is 0 Å². The van der Waals surface area contributed by atoms with Crippen LogP contribution in [-0.2, 0) is 25.4 Å². The van der Waals surface area contributed by atoms with Gasteiger partial charge in [-0.3, -0.25) is 4.90 Å². The molecule has 3 fully saturated rings. The molecule has 0 aliphatic carbocycles. The van der Waals surface area contributed by atoms with Gasteiger partial charge in [-0.1, -0.05) is 35.9 Å². The van der Waals surface area contributed by atoms with Gasteiger partial charge in [0.1, 0.15) is 35.8 Å². The van der Waals surface area contributed by atoms with Gasteiger partial charge in [-0.15, -0.1) is 0 Å². The highest BCUT2D eigenvalue weighted by molar-refractivity contribution is 6.31. The van der Waals surface area contributed by atoms with Crippen molar-refractivity contribution in [3.05, 3.63) is 64.2 Å². The number of phenols is 1. The van der Waals surface area contributed by atoms with Crippen LogP contribution in [-0.4, -0.2) is 108 Å². The molecule has 3 saturated heterocycles. The lowest BCUT2D eigenvalue weighted by molar-refractivity contribution is -0.302. The van der Waals surface area contributed by atoms with Crippen molar-refractivity contribution < 1.29 is 39.4 Å². The van der Waals surface area contributed by atoms with Gasteiger partial charge in [0.15, 0.2) is 0 Å². The van der Waals surface area contributed by atoms with Crippen LogP contribution in [0.25, 0.3) is 0 Å². The highest BCUT2D eigenvalue weighted by Gasteiger charge is 2.55. The van der Waals surface area contributed by atoms with Crippen LogP contribution < -0.4 is 0 Å². The van der Waals surface area contributed by atoms with Gasteiger partial charge in [0.2, 0.25) is 0 Å². The first-order valence-electron chi connectivity index (χ1n) is 12.6. The molecule has 37 heavy (non-hydrogen) atoms. The van der Waals surface area contributed by atoms with E-state index in [4.69, 9.17) is 30.5 Å². The Hall–Kier alpha value is -1.79. The number of rotatable bonds is 4. The summed E-state index contributed by atoms with van der Waals surface area (Å²) < 4.78 is 23.8. The van der Waals surface area contributed by atoms with Crippen LogP contribution in [0.5, 0.6) is 5.75 Å². The topological polar surface area (TPSA) is 121 Å². The summed E-state index contributed by atoms with van der Waals surface area (Å²) in [6.07, 6.45) is -4.66. The molecular weight excluding hydrogens is 502 g/mol. The van der Waals surface area contributed by atoms with Crippen LogP contribution in [0.1, 0.15) is 22.8 Å². The van der Waals surface area contributed by atoms with E-state index in [9.17, 15) is 20.4 Å². The zero-order valence-electron chi connectivity index (χ0n) is 20.5. The third-order valence-corrected chi connectivity index (χ3v) is 7.86. The number of aliphatic hydroxyl groups is 3. The fraction of sp³-hybridized carbons (Fsp3) is 0.556. The molecule has 202 valence electrons. The number of ether oxygens (including phenoxy) is 4. The van der Waals surface area contributed by atoms with Crippen molar-refractivity contribution in [1.29, 1.82) is 0 Å². The number of aliphatic hydroxyl groups excluding tert-OH is 3. The number of halogens is 1. The molecule has 0 radical (unpaired) electrons. The molecule has 0 saturated carbocycles. The van der Waals surface area contributed by atoms with Gasteiger partial charge in [0.05, 0.1) is 45.7 Å². The molecule has 0 bridgehead atoms. The number of phenolic OH excluding ortho intramolecular Hbond substituents is 1. The quantitative estimate of drug-likeness (QED) is 0.458. The summed E-state index contributed by atoms with van der Waals surface area (Å²) in [6, 6.07) is 12.2. The summed E-state index contributed by atoms with van der Waals surface area (Å²) in [4.78, 5) is 2.27. The standard InChI is InChI=1S/C27H34ClNO8/c28-22-6-3-18(12-19(22)11-17-1-4-21(30)5-2-17)25-23(31)24(32)26(33)27(37-25)15-35-13-20(14-36-16-27)29-7-9-34-10-8-29/h1-6,12,20,23-26,30-33H,7-11,13-16H2. The second kappa shape index (κ2) is 11.5. The van der Waals surface area contributed by atoms with E-state index in [0.717, 1.165) is 24.2 Å². The summed E-state index contributed by atoms with van der Waals surface area (Å²) >= 11 is 6.47. The van der Waals surface area contributed by atoms with Crippen LogP contribution in [0, 0.1) is 0 Å². The maximum Gasteiger partial charge on any atom is 0.144 e. The van der Waals surface area contributed by atoms with E-state index in [1.165, 1.54) is 0 Å². The number of benzene rings is 2. The Balaban J connectivity index is 1.34. The van der Waals surface area contributed by atoms with E-state index in [-0.39, 0.29) is 25.0 Å². The lowest BCUT2D eigenvalue weighted by atomic mass is 9.83. The predicted molar refractivity (Wildman–Crippen MR) is 135 cm³/mol. The largest absolute Gasteiger partial charge is 0.508 e. The molecule has 5 rings (SSSR count). The minimum atomic E-state index is -1.46. The third-order valence-electron chi connectivity index (χ3n) is 7.49. The molecule has 4 N–H and O–H groups in total. The van der Waals surface area contributed by atoms with Crippen molar-refractivity contribution >= 4 is 11.6 Å². The number of morpholine rings is 1. The third kappa shape index (κ3) is 5.80. The Morgan fingerprint density at radius 3 is 2.24 bits per heavy atom. The Bertz CT molecular complexity index is 1040. The van der Waals surface area contributed by atoms with Gasteiger partial charge in [-0.05, 0) is 41.3 Å². The Morgan fingerprint density at radius 1 is 0.892 bits per heavy atom. The minimum absolute atomic E-state index is 0.00322. The lowest BCUT2D eigenvalue weighted by Gasteiger charge is -2.50. The number of hydrogen-bond acceptors (Lipinski definition) is 9. The lowest BCUT2D eigenvalue weighted by Crippen LogP contribution is -2.66. The van der Waals surface area contributed by atoms with E-state index in [1.807, 2.05) is 18.2 Å². The fourth-order valence-electron chi connectivity index (χ4n) is 5.29. The van der Waals surface area contributed by atoms with E-state index in [2.05, 4.69) is 4.90 Å². The number of aromatic hydroxyl groups is 1. The molecule has 1 spiro atoms. The van der Waals surface area contributed by atoms with E-state index < -0.39 is 30.0 Å². The molecule has 3 aliphatic heterocycles. The molecule has 0 amide bonds. The van der Waals surface area contributed by atoms with Crippen molar-refractivity contribution in [2.75, 3.05) is 52.7 Å². The summed E-state index contributed by atoms with van der Waals surface area (Å²) in [7, 11) is 0. The van der Waals surface area contributed by atoms with Crippen molar-refractivity contribution in [3.63, 3.8) is 0 Å². The second-order valence-electron chi connectivity index (χ2n) is 10.1. The Morgan fingerprint density at radius 2 is 1.57 bits per heavy atom. The molecule has 4 unspecified atom stereocenters. The Kier molecular flexibility index (Phi) is 8.35. The maximum absolute atomic E-state index is 11.0. The maximum atomic E-state index is 11.0. The van der Waals surface area contributed by atoms with Crippen molar-refractivity contribution in [2.45, 2.75) is 42.5 Å². The van der Waals surface area contributed by atoms with Crippen molar-refractivity contribution in [2.24, 2.45) is 0 Å². The van der Waals surface area contributed by atoms with Gasteiger partial charge < -0.3 is 39.4 Å². The predicted octanol–water partition coefficient (Wildman–Crippen LogP) is 1.28. The summed E-state index contributed by atoms with van der Waals surface area (Å²) in [5.41, 5.74) is 1.01. The van der Waals surface area contributed by atoms with Crippen molar-refractivity contribution in [1.82, 2.24) is 4.90 Å². The molecule has 2 aromatic carbocycles. The molecule has 0 aromatic heterocycles. The van der Waals surface area contributed by atoms with Gasteiger partial charge in [0, 0.05) is 18.1 Å². The monoisotopic (exact) mass is 535 g/mol. The van der Waals surface area contributed by atoms with E-state index in [1.54, 1.807) is 24.3 Å². The van der Waals surface area contributed by atoms with Gasteiger partial charge in [0.25, 0.3) is 0 Å². The van der Waals surface area contributed by atoms with E-state index in [0.29, 0.717) is 43.4 Å². The highest BCUT2D eigenvalue weighted by atomic mass is 35.5. The average molecular weight is 536 g/mol. The summed E-state index contributed by atoms with van der Waals surface area (Å²) in [5.74, 6) is 0.181. The average Bonchev–Trinajstić information content (AvgIpc) is 2.90. The summed E-state index contributed by atoms with van der Waals surface area (Å²) in [5, 5.41) is 42.8. The fourth-order valence-corrected chi connectivity index (χ4v) is 5.48. The molecule has 9 nitrogen and oxygen atoms in total. The van der Waals surface area contributed by atoms with Crippen LogP contribution in [0.15, 0.2) is 42.5 Å². The number of nitrogens with zero attached hydrogens (tertiary/aromatic N) is 1. The molecule has 3 heterocycles. The van der Waals surface area contributed by atoms with Crippen LogP contribution in [0.2, 0.25) is 5.02 Å². The minimum Gasteiger partial charge on any atom is -0.508 e. The van der Waals surface area contributed by atoms with Crippen LogP contribution in [0.4, 0.5) is 0 Å². The zero-order chi connectivity index (χ0) is 26.0. The summed E-state index contributed by atoms with van der Waals surface area (Å²) in [6.45, 7) is 3.73. The van der Waals surface area contributed by atoms with Crippen LogP contribution >= 0.6 is 11.6 Å². The first-order valence-corrected chi connectivity index (χ1v) is 13.0. The van der Waals surface area contributed by atoms with Crippen molar-refractivity contribution in [3.8, 4) is 5.75 Å². The molecular formula is C27H34ClNO8. The smallest absolute Gasteiger partial charge is 0.144 e. The SMILES string of the molecule is Oc1ccc(Cc2cc(C3OC4(COCC(N5CCOCC5)COC4)C(O)C(O)C3O)ccc2Cl)cc1.